The summed E-state index contributed by atoms with van der Waals surface area (Å²) in [6.45, 7) is 1.63. The molecule has 0 aromatic carbocycles. The average Bonchev–Trinajstić information content (AvgIpc) is 2.84. The van der Waals surface area contributed by atoms with Crippen LogP contribution in [0.3, 0.4) is 0 Å². The molecule has 0 saturated carbocycles. The summed E-state index contributed by atoms with van der Waals surface area (Å²) in [5.74, 6) is 0.546. The van der Waals surface area contributed by atoms with Gasteiger partial charge < -0.3 is 9.47 Å². The molecule has 0 N–H and O–H groups in total. The summed E-state index contributed by atoms with van der Waals surface area (Å²) in [4.78, 5) is 23.2. The molecule has 86 valence electrons. The standard InChI is InChI=1S/C10H13N3O3/c1-11-8(7-14)6-9(13(15)16)10(11)12-4-2-3-5-12/h6-7H,2-5H2,1H3. The summed E-state index contributed by atoms with van der Waals surface area (Å²) in [7, 11) is 1.68. The van der Waals surface area contributed by atoms with Crippen molar-refractivity contribution in [3.8, 4) is 0 Å². The van der Waals surface area contributed by atoms with E-state index < -0.39 is 4.92 Å². The fraction of sp³-hybridized carbons (Fsp3) is 0.500. The Hall–Kier alpha value is -1.85. The van der Waals surface area contributed by atoms with Gasteiger partial charge in [-0.1, -0.05) is 0 Å². The van der Waals surface area contributed by atoms with Crippen molar-refractivity contribution in [1.29, 1.82) is 0 Å². The second-order valence-corrected chi connectivity index (χ2v) is 3.91. The summed E-state index contributed by atoms with van der Waals surface area (Å²) < 4.78 is 1.59. The number of carbonyl (C=O) groups is 1. The molecule has 0 aliphatic carbocycles. The van der Waals surface area contributed by atoms with E-state index in [4.69, 9.17) is 0 Å². The number of aromatic nitrogens is 1. The lowest BCUT2D eigenvalue weighted by Gasteiger charge is -2.17. The highest BCUT2D eigenvalue weighted by molar-refractivity contribution is 5.79. The smallest absolute Gasteiger partial charge is 0.311 e. The molecule has 0 amide bonds. The van der Waals surface area contributed by atoms with Crippen molar-refractivity contribution in [3.05, 3.63) is 21.9 Å². The van der Waals surface area contributed by atoms with E-state index >= 15 is 0 Å². The molecule has 0 atom stereocenters. The Morgan fingerprint density at radius 3 is 2.56 bits per heavy atom. The molecule has 6 heteroatoms. The third-order valence-corrected chi connectivity index (χ3v) is 2.94. The molecule has 0 unspecified atom stereocenters. The molecule has 0 radical (unpaired) electrons. The van der Waals surface area contributed by atoms with Gasteiger partial charge in [0.25, 0.3) is 0 Å². The maximum absolute atomic E-state index is 10.9. The number of anilines is 1. The quantitative estimate of drug-likeness (QED) is 0.440. The first-order valence-corrected chi connectivity index (χ1v) is 5.19. The number of aldehydes is 1. The first-order valence-electron chi connectivity index (χ1n) is 5.19. The molecule has 1 aliphatic rings. The van der Waals surface area contributed by atoms with E-state index in [-0.39, 0.29) is 5.69 Å². The fourth-order valence-corrected chi connectivity index (χ4v) is 2.15. The highest BCUT2D eigenvalue weighted by Crippen LogP contribution is 2.32. The highest BCUT2D eigenvalue weighted by atomic mass is 16.6. The lowest BCUT2D eigenvalue weighted by atomic mass is 10.4. The van der Waals surface area contributed by atoms with Crippen molar-refractivity contribution in [2.45, 2.75) is 12.8 Å². The zero-order chi connectivity index (χ0) is 11.7. The van der Waals surface area contributed by atoms with Crippen LogP contribution in [0.15, 0.2) is 6.07 Å². The first kappa shape index (κ1) is 10.7. The van der Waals surface area contributed by atoms with Gasteiger partial charge in [-0.2, -0.15) is 0 Å². The van der Waals surface area contributed by atoms with Crippen molar-refractivity contribution in [3.63, 3.8) is 0 Å². The molecule has 1 saturated heterocycles. The van der Waals surface area contributed by atoms with Crippen molar-refractivity contribution in [2.24, 2.45) is 7.05 Å². The van der Waals surface area contributed by atoms with Gasteiger partial charge in [-0.05, 0) is 12.8 Å². The van der Waals surface area contributed by atoms with Crippen molar-refractivity contribution in [1.82, 2.24) is 4.57 Å². The van der Waals surface area contributed by atoms with E-state index in [1.165, 1.54) is 6.07 Å². The van der Waals surface area contributed by atoms with Crippen molar-refractivity contribution < 1.29 is 9.72 Å². The molecule has 2 heterocycles. The van der Waals surface area contributed by atoms with Gasteiger partial charge in [0.15, 0.2) is 12.1 Å². The number of carbonyl (C=O) groups excluding carboxylic acids is 1. The number of hydrogen-bond donors (Lipinski definition) is 0. The van der Waals surface area contributed by atoms with Gasteiger partial charge in [-0.15, -0.1) is 0 Å². The zero-order valence-electron chi connectivity index (χ0n) is 9.05. The normalized spacial score (nSPS) is 15.4. The number of nitro groups is 1. The maximum Gasteiger partial charge on any atom is 0.311 e. The second kappa shape index (κ2) is 3.96. The van der Waals surface area contributed by atoms with Crippen LogP contribution in [0.25, 0.3) is 0 Å². The molecule has 1 aliphatic heterocycles. The average molecular weight is 223 g/mol. The Morgan fingerprint density at radius 2 is 2.06 bits per heavy atom. The largest absolute Gasteiger partial charge is 0.352 e. The molecule has 0 spiro atoms. The SMILES string of the molecule is Cn1c(C=O)cc([N+](=O)[O-])c1N1CCCC1. The molecular weight excluding hydrogens is 210 g/mol. The molecule has 0 bridgehead atoms. The van der Waals surface area contributed by atoms with Crippen LogP contribution >= 0.6 is 0 Å². The molecule has 16 heavy (non-hydrogen) atoms. The van der Waals surface area contributed by atoms with Gasteiger partial charge in [0, 0.05) is 26.2 Å². The Morgan fingerprint density at radius 1 is 1.44 bits per heavy atom. The molecule has 2 rings (SSSR count). The van der Waals surface area contributed by atoms with E-state index in [1.54, 1.807) is 11.6 Å². The highest BCUT2D eigenvalue weighted by Gasteiger charge is 2.27. The van der Waals surface area contributed by atoms with Crippen LogP contribution in [0.2, 0.25) is 0 Å². The Bertz CT molecular complexity index is 433. The van der Waals surface area contributed by atoms with Crippen LogP contribution in [0.4, 0.5) is 11.5 Å². The minimum Gasteiger partial charge on any atom is -0.352 e. The van der Waals surface area contributed by atoms with Gasteiger partial charge in [0.05, 0.1) is 10.6 Å². The molecule has 1 aromatic rings. The van der Waals surface area contributed by atoms with Crippen LogP contribution in [0.1, 0.15) is 23.3 Å². The van der Waals surface area contributed by atoms with Gasteiger partial charge in [-0.25, -0.2) is 0 Å². The fourth-order valence-electron chi connectivity index (χ4n) is 2.15. The minimum absolute atomic E-state index is 0.0199. The van der Waals surface area contributed by atoms with E-state index in [0.29, 0.717) is 17.8 Å². The summed E-state index contributed by atoms with van der Waals surface area (Å²) in [5, 5.41) is 10.9. The first-order chi connectivity index (χ1) is 7.65. The van der Waals surface area contributed by atoms with Crippen LogP contribution in [-0.2, 0) is 7.05 Å². The summed E-state index contributed by atoms with van der Waals surface area (Å²) >= 11 is 0. The van der Waals surface area contributed by atoms with Gasteiger partial charge in [0.1, 0.15) is 0 Å². The van der Waals surface area contributed by atoms with E-state index in [1.807, 2.05) is 4.90 Å². The van der Waals surface area contributed by atoms with Crippen molar-refractivity contribution in [2.75, 3.05) is 18.0 Å². The van der Waals surface area contributed by atoms with E-state index in [9.17, 15) is 14.9 Å². The molecule has 1 aromatic heterocycles. The Labute approximate surface area is 92.6 Å². The predicted molar refractivity (Wildman–Crippen MR) is 58.9 cm³/mol. The second-order valence-electron chi connectivity index (χ2n) is 3.91. The topological polar surface area (TPSA) is 68.4 Å². The van der Waals surface area contributed by atoms with E-state index in [2.05, 4.69) is 0 Å². The van der Waals surface area contributed by atoms with Crippen LogP contribution in [0.5, 0.6) is 0 Å². The summed E-state index contributed by atoms with van der Waals surface area (Å²) in [6.07, 6.45) is 2.73. The van der Waals surface area contributed by atoms with Crippen LogP contribution < -0.4 is 4.90 Å². The number of hydrogen-bond acceptors (Lipinski definition) is 4. The summed E-state index contributed by atoms with van der Waals surface area (Å²) in [5.41, 5.74) is 0.361. The maximum atomic E-state index is 10.9. The van der Waals surface area contributed by atoms with Crippen molar-refractivity contribution >= 4 is 17.8 Å². The minimum atomic E-state index is -0.430. The molecule has 6 nitrogen and oxygen atoms in total. The van der Waals surface area contributed by atoms with E-state index in [0.717, 1.165) is 25.9 Å². The predicted octanol–water partition coefficient (Wildman–Crippen LogP) is 1.35. The zero-order valence-corrected chi connectivity index (χ0v) is 9.05. The number of rotatable bonds is 3. The molecular formula is C10H13N3O3. The summed E-state index contributed by atoms with van der Waals surface area (Å²) in [6, 6.07) is 1.33. The Balaban J connectivity index is 2.51. The van der Waals surface area contributed by atoms with Crippen LogP contribution in [-0.4, -0.2) is 28.9 Å². The molecule has 1 fully saturated rings. The third kappa shape index (κ3) is 1.56. The number of nitrogens with zero attached hydrogens (tertiary/aromatic N) is 3. The van der Waals surface area contributed by atoms with Gasteiger partial charge >= 0.3 is 5.69 Å². The Kier molecular flexibility index (Phi) is 2.64. The lowest BCUT2D eigenvalue weighted by molar-refractivity contribution is -0.384. The lowest BCUT2D eigenvalue weighted by Crippen LogP contribution is -2.21. The van der Waals surface area contributed by atoms with Gasteiger partial charge in [-0.3, -0.25) is 14.9 Å². The van der Waals surface area contributed by atoms with Gasteiger partial charge in [0.2, 0.25) is 0 Å². The van der Waals surface area contributed by atoms with Crippen LogP contribution in [0, 0.1) is 10.1 Å². The third-order valence-electron chi connectivity index (χ3n) is 2.94. The monoisotopic (exact) mass is 223 g/mol.